The van der Waals surface area contributed by atoms with Crippen molar-refractivity contribution in [3.05, 3.63) is 0 Å². The Morgan fingerprint density at radius 1 is 1.27 bits per heavy atom. The van der Waals surface area contributed by atoms with E-state index < -0.39 is 11.8 Å². The minimum atomic E-state index is -0.703. The highest BCUT2D eigenvalue weighted by Crippen LogP contribution is 2.03. The first-order valence-electron chi connectivity index (χ1n) is 5.00. The fraction of sp³-hybridized carbons (Fsp3) is 0.800. The molecule has 0 fully saturated rings. The van der Waals surface area contributed by atoms with Crippen molar-refractivity contribution >= 4 is 23.5 Å². The Morgan fingerprint density at radius 2 is 1.93 bits per heavy atom. The normalized spacial score (nSPS) is 10.4. The van der Waals surface area contributed by atoms with Crippen LogP contribution in [0.4, 0.5) is 0 Å². The predicted octanol–water partition coefficient (Wildman–Crippen LogP) is 0.803. The summed E-state index contributed by atoms with van der Waals surface area (Å²) in [7, 11) is 4.01. The van der Waals surface area contributed by atoms with Gasteiger partial charge in [-0.2, -0.15) is 11.8 Å². The van der Waals surface area contributed by atoms with Crippen LogP contribution in [0.5, 0.6) is 0 Å². The Kier molecular flexibility index (Phi) is 8.41. The number of ketones is 1. The molecule has 0 atom stereocenters. The molecular weight excluding hydrogens is 214 g/mol. The fourth-order valence-electron chi connectivity index (χ4n) is 0.828. The summed E-state index contributed by atoms with van der Waals surface area (Å²) >= 11 is 1.68. The third kappa shape index (κ3) is 8.44. The zero-order valence-corrected chi connectivity index (χ0v) is 10.4. The third-order valence-electron chi connectivity index (χ3n) is 1.66. The van der Waals surface area contributed by atoms with Gasteiger partial charge >= 0.3 is 5.97 Å². The van der Waals surface area contributed by atoms with Crippen molar-refractivity contribution in [3.8, 4) is 0 Å². The van der Waals surface area contributed by atoms with Crippen LogP contribution >= 0.6 is 11.8 Å². The van der Waals surface area contributed by atoms with Crippen LogP contribution in [0.3, 0.4) is 0 Å². The standard InChI is InChI=1S/C10H19NO3S/c1-4-14-10(13)9(12)5-7-15-8-6-11(2)3/h4-8H2,1-3H3. The zero-order valence-electron chi connectivity index (χ0n) is 9.62. The van der Waals surface area contributed by atoms with Gasteiger partial charge in [-0.3, -0.25) is 4.79 Å². The van der Waals surface area contributed by atoms with Gasteiger partial charge in [0.2, 0.25) is 5.78 Å². The molecule has 0 spiro atoms. The number of ether oxygens (including phenoxy) is 1. The maximum atomic E-state index is 11.1. The van der Waals surface area contributed by atoms with Crippen LogP contribution in [-0.4, -0.2) is 55.4 Å². The van der Waals surface area contributed by atoms with Crippen molar-refractivity contribution in [2.75, 3.05) is 38.8 Å². The Hall–Kier alpha value is -0.550. The number of esters is 1. The maximum Gasteiger partial charge on any atom is 0.374 e. The van der Waals surface area contributed by atoms with Gasteiger partial charge in [0.15, 0.2) is 0 Å². The zero-order chi connectivity index (χ0) is 11.7. The van der Waals surface area contributed by atoms with Gasteiger partial charge in [-0.25, -0.2) is 4.79 Å². The van der Waals surface area contributed by atoms with Crippen LogP contribution < -0.4 is 0 Å². The first-order valence-corrected chi connectivity index (χ1v) is 6.15. The number of nitrogens with zero attached hydrogens (tertiary/aromatic N) is 1. The van der Waals surface area contributed by atoms with Crippen molar-refractivity contribution in [2.24, 2.45) is 0 Å². The quantitative estimate of drug-likeness (QED) is 0.352. The van der Waals surface area contributed by atoms with E-state index in [4.69, 9.17) is 0 Å². The van der Waals surface area contributed by atoms with E-state index in [-0.39, 0.29) is 13.0 Å². The Bertz CT molecular complexity index is 207. The van der Waals surface area contributed by atoms with Crippen molar-refractivity contribution in [2.45, 2.75) is 13.3 Å². The summed E-state index contributed by atoms with van der Waals surface area (Å²) in [6, 6.07) is 0. The second-order valence-corrected chi connectivity index (χ2v) is 4.53. The average Bonchev–Trinajstić information content (AvgIpc) is 2.16. The molecular formula is C10H19NO3S. The largest absolute Gasteiger partial charge is 0.460 e. The molecule has 0 aromatic heterocycles. The lowest BCUT2D eigenvalue weighted by molar-refractivity contribution is -0.153. The molecule has 0 heterocycles. The molecule has 0 saturated heterocycles. The van der Waals surface area contributed by atoms with E-state index in [1.54, 1.807) is 18.7 Å². The van der Waals surface area contributed by atoms with Crippen molar-refractivity contribution < 1.29 is 14.3 Å². The second-order valence-electron chi connectivity index (χ2n) is 3.31. The number of carbonyl (C=O) groups is 2. The highest BCUT2D eigenvalue weighted by atomic mass is 32.2. The molecule has 0 amide bonds. The topological polar surface area (TPSA) is 46.6 Å². The van der Waals surface area contributed by atoms with E-state index in [1.807, 2.05) is 14.1 Å². The van der Waals surface area contributed by atoms with E-state index in [0.717, 1.165) is 12.3 Å². The molecule has 0 aliphatic carbocycles. The molecule has 0 aromatic carbocycles. The number of hydrogen-bond acceptors (Lipinski definition) is 5. The van der Waals surface area contributed by atoms with Gasteiger partial charge in [0.25, 0.3) is 0 Å². The molecule has 5 heteroatoms. The monoisotopic (exact) mass is 233 g/mol. The fourth-order valence-corrected chi connectivity index (χ4v) is 1.86. The van der Waals surface area contributed by atoms with Gasteiger partial charge in [-0.1, -0.05) is 0 Å². The number of hydrogen-bond donors (Lipinski definition) is 0. The molecule has 88 valence electrons. The van der Waals surface area contributed by atoms with E-state index >= 15 is 0 Å². The lowest BCUT2D eigenvalue weighted by Crippen LogP contribution is -2.18. The van der Waals surface area contributed by atoms with Crippen molar-refractivity contribution in [3.63, 3.8) is 0 Å². The molecule has 15 heavy (non-hydrogen) atoms. The molecule has 0 unspecified atom stereocenters. The van der Waals surface area contributed by atoms with Gasteiger partial charge < -0.3 is 9.64 Å². The van der Waals surface area contributed by atoms with Gasteiger partial charge in [-0.05, 0) is 21.0 Å². The van der Waals surface area contributed by atoms with E-state index in [1.165, 1.54) is 0 Å². The van der Waals surface area contributed by atoms with E-state index in [9.17, 15) is 9.59 Å². The molecule has 0 bridgehead atoms. The van der Waals surface area contributed by atoms with Gasteiger partial charge in [-0.15, -0.1) is 0 Å². The molecule has 4 nitrogen and oxygen atoms in total. The number of carbonyl (C=O) groups excluding carboxylic acids is 2. The van der Waals surface area contributed by atoms with Crippen LogP contribution in [0.15, 0.2) is 0 Å². The highest BCUT2D eigenvalue weighted by Gasteiger charge is 2.13. The van der Waals surface area contributed by atoms with Crippen LogP contribution in [0.25, 0.3) is 0 Å². The van der Waals surface area contributed by atoms with Crippen LogP contribution in [0.2, 0.25) is 0 Å². The first-order chi connectivity index (χ1) is 7.07. The van der Waals surface area contributed by atoms with Gasteiger partial charge in [0.1, 0.15) is 0 Å². The number of thioether (sulfide) groups is 1. The van der Waals surface area contributed by atoms with Crippen molar-refractivity contribution in [1.29, 1.82) is 0 Å². The van der Waals surface area contributed by atoms with Crippen LogP contribution in [-0.2, 0) is 14.3 Å². The van der Waals surface area contributed by atoms with Gasteiger partial charge in [0, 0.05) is 24.5 Å². The van der Waals surface area contributed by atoms with Crippen molar-refractivity contribution in [1.82, 2.24) is 4.90 Å². The summed E-state index contributed by atoms with van der Waals surface area (Å²) in [6.07, 6.45) is 0.275. The summed E-state index contributed by atoms with van der Waals surface area (Å²) < 4.78 is 4.59. The summed E-state index contributed by atoms with van der Waals surface area (Å²) in [5.41, 5.74) is 0. The van der Waals surface area contributed by atoms with Gasteiger partial charge in [0.05, 0.1) is 6.61 Å². The molecule has 0 aliphatic rings. The van der Waals surface area contributed by atoms with E-state index in [0.29, 0.717) is 5.75 Å². The Labute approximate surface area is 95.3 Å². The minimum absolute atomic E-state index is 0.262. The molecule has 0 radical (unpaired) electrons. The summed E-state index contributed by atoms with van der Waals surface area (Å²) in [4.78, 5) is 24.1. The smallest absolute Gasteiger partial charge is 0.374 e. The maximum absolute atomic E-state index is 11.1. The predicted molar refractivity (Wildman–Crippen MR) is 62.1 cm³/mol. The summed E-state index contributed by atoms with van der Waals surface area (Å²) in [6.45, 7) is 2.94. The summed E-state index contributed by atoms with van der Waals surface area (Å²) in [5.74, 6) is 0.536. The van der Waals surface area contributed by atoms with E-state index in [2.05, 4.69) is 9.64 Å². The molecule has 0 saturated carbocycles. The number of rotatable bonds is 8. The van der Waals surface area contributed by atoms with Crippen LogP contribution in [0, 0.1) is 0 Å². The Morgan fingerprint density at radius 3 is 2.47 bits per heavy atom. The average molecular weight is 233 g/mol. The molecule has 0 N–H and O–H groups in total. The molecule has 0 aromatic rings. The number of Topliss-reactive ketones (excluding diaryl/α,β-unsaturated/α-hetero) is 1. The Balaban J connectivity index is 3.43. The minimum Gasteiger partial charge on any atom is -0.460 e. The lowest BCUT2D eigenvalue weighted by Gasteiger charge is -2.08. The SMILES string of the molecule is CCOC(=O)C(=O)CCSCCN(C)C. The second kappa shape index (κ2) is 8.73. The lowest BCUT2D eigenvalue weighted by atomic mass is 10.3. The molecule has 0 rings (SSSR count). The highest BCUT2D eigenvalue weighted by molar-refractivity contribution is 7.99. The third-order valence-corrected chi connectivity index (χ3v) is 2.62. The first kappa shape index (κ1) is 14.5. The van der Waals surface area contributed by atoms with Crippen LogP contribution in [0.1, 0.15) is 13.3 Å². The summed E-state index contributed by atoms with van der Waals surface area (Å²) in [5, 5.41) is 0. The molecule has 0 aliphatic heterocycles.